The van der Waals surface area contributed by atoms with E-state index in [1.54, 1.807) is 7.11 Å². The third-order valence-corrected chi connectivity index (χ3v) is 5.28. The third kappa shape index (κ3) is 5.21. The summed E-state index contributed by atoms with van der Waals surface area (Å²) < 4.78 is 12.5. The summed E-state index contributed by atoms with van der Waals surface area (Å²) in [6.45, 7) is 3.23. The summed E-state index contributed by atoms with van der Waals surface area (Å²) in [6, 6.07) is 20.2. The zero-order valence-corrected chi connectivity index (χ0v) is 18.3. The number of hydrogen-bond donors (Lipinski definition) is 1. The van der Waals surface area contributed by atoms with Gasteiger partial charge < -0.3 is 14.8 Å². The number of anilines is 1. The van der Waals surface area contributed by atoms with Crippen molar-refractivity contribution in [1.82, 2.24) is 0 Å². The quantitative estimate of drug-likeness (QED) is 0.398. The van der Waals surface area contributed by atoms with Crippen LogP contribution in [0.25, 0.3) is 0 Å². The summed E-state index contributed by atoms with van der Waals surface area (Å²) in [5.41, 5.74) is 4.51. The van der Waals surface area contributed by atoms with Gasteiger partial charge in [-0.3, -0.25) is 0 Å². The van der Waals surface area contributed by atoms with Gasteiger partial charge in [0.1, 0.15) is 6.61 Å². The van der Waals surface area contributed by atoms with Gasteiger partial charge in [0.05, 0.1) is 12.1 Å². The number of halogens is 2. The van der Waals surface area contributed by atoms with E-state index in [1.807, 2.05) is 42.5 Å². The standard InChI is InChI=1S/C23H23BrClNO2/c1-3-18-6-4-5-7-21(18)26-14-17-12-20(25)23(22(13-17)27-2)28-15-16-8-10-19(24)11-9-16/h4-13,26H,3,14-15H2,1-2H3. The molecular formula is C23H23BrClNO2. The average Bonchev–Trinajstić information content (AvgIpc) is 2.72. The Morgan fingerprint density at radius 1 is 1.00 bits per heavy atom. The van der Waals surface area contributed by atoms with Crippen LogP contribution >= 0.6 is 27.5 Å². The van der Waals surface area contributed by atoms with E-state index in [0.29, 0.717) is 29.7 Å². The van der Waals surface area contributed by atoms with Crippen molar-refractivity contribution < 1.29 is 9.47 Å². The fourth-order valence-corrected chi connectivity index (χ4v) is 3.50. The fraction of sp³-hybridized carbons (Fsp3) is 0.217. The highest BCUT2D eigenvalue weighted by molar-refractivity contribution is 9.10. The molecule has 3 nitrogen and oxygen atoms in total. The lowest BCUT2D eigenvalue weighted by molar-refractivity contribution is 0.284. The van der Waals surface area contributed by atoms with E-state index < -0.39 is 0 Å². The molecule has 3 aromatic carbocycles. The molecule has 0 unspecified atom stereocenters. The van der Waals surface area contributed by atoms with Crippen molar-refractivity contribution in [2.75, 3.05) is 12.4 Å². The summed E-state index contributed by atoms with van der Waals surface area (Å²) in [5, 5.41) is 4.02. The van der Waals surface area contributed by atoms with Crippen LogP contribution in [0.4, 0.5) is 5.69 Å². The summed E-state index contributed by atoms with van der Waals surface area (Å²) in [4.78, 5) is 0. The van der Waals surface area contributed by atoms with Crippen LogP contribution in [-0.4, -0.2) is 7.11 Å². The van der Waals surface area contributed by atoms with Gasteiger partial charge in [-0.05, 0) is 53.4 Å². The molecular weight excluding hydrogens is 438 g/mol. The first-order chi connectivity index (χ1) is 13.6. The van der Waals surface area contributed by atoms with Crippen molar-refractivity contribution >= 4 is 33.2 Å². The van der Waals surface area contributed by atoms with Crippen molar-refractivity contribution in [3.63, 3.8) is 0 Å². The summed E-state index contributed by atoms with van der Waals surface area (Å²) >= 11 is 9.94. The maximum absolute atomic E-state index is 6.50. The van der Waals surface area contributed by atoms with Gasteiger partial charge in [-0.25, -0.2) is 0 Å². The Hall–Kier alpha value is -2.17. The molecule has 0 bridgehead atoms. The molecule has 3 rings (SSSR count). The van der Waals surface area contributed by atoms with Crippen LogP contribution in [-0.2, 0) is 19.6 Å². The molecule has 146 valence electrons. The Balaban J connectivity index is 1.72. The molecule has 0 fully saturated rings. The normalized spacial score (nSPS) is 10.6. The molecule has 0 heterocycles. The first-order valence-electron chi connectivity index (χ1n) is 9.16. The van der Waals surface area contributed by atoms with Gasteiger partial charge in [-0.1, -0.05) is 64.8 Å². The molecule has 0 amide bonds. The Labute approximate surface area is 179 Å². The lowest BCUT2D eigenvalue weighted by Gasteiger charge is -2.16. The Morgan fingerprint density at radius 2 is 1.75 bits per heavy atom. The van der Waals surface area contributed by atoms with Crippen molar-refractivity contribution in [2.45, 2.75) is 26.5 Å². The molecule has 0 atom stereocenters. The summed E-state index contributed by atoms with van der Waals surface area (Å²) in [6.07, 6.45) is 0.982. The number of benzene rings is 3. The highest BCUT2D eigenvalue weighted by Gasteiger charge is 2.13. The van der Waals surface area contributed by atoms with E-state index in [-0.39, 0.29) is 0 Å². The van der Waals surface area contributed by atoms with Crippen LogP contribution < -0.4 is 14.8 Å². The smallest absolute Gasteiger partial charge is 0.180 e. The molecule has 0 aromatic heterocycles. The molecule has 3 aromatic rings. The topological polar surface area (TPSA) is 30.5 Å². The maximum atomic E-state index is 6.50. The second-order valence-electron chi connectivity index (χ2n) is 6.39. The minimum atomic E-state index is 0.421. The van der Waals surface area contributed by atoms with Crippen LogP contribution in [0.2, 0.25) is 5.02 Å². The molecule has 0 saturated heterocycles. The monoisotopic (exact) mass is 459 g/mol. The zero-order chi connectivity index (χ0) is 19.9. The zero-order valence-electron chi connectivity index (χ0n) is 16.0. The van der Waals surface area contributed by atoms with Crippen LogP contribution in [0.15, 0.2) is 65.1 Å². The molecule has 28 heavy (non-hydrogen) atoms. The Bertz CT molecular complexity index is 928. The molecule has 0 spiro atoms. The SMILES string of the molecule is CCc1ccccc1NCc1cc(Cl)c(OCc2ccc(Br)cc2)c(OC)c1. The van der Waals surface area contributed by atoms with E-state index in [2.05, 4.69) is 46.4 Å². The van der Waals surface area contributed by atoms with E-state index in [4.69, 9.17) is 21.1 Å². The van der Waals surface area contributed by atoms with Gasteiger partial charge in [0, 0.05) is 16.7 Å². The molecule has 0 aliphatic carbocycles. The van der Waals surface area contributed by atoms with Crippen molar-refractivity contribution in [3.05, 3.63) is 86.8 Å². The average molecular weight is 461 g/mol. The Morgan fingerprint density at radius 3 is 2.46 bits per heavy atom. The van der Waals surface area contributed by atoms with Crippen LogP contribution in [0.1, 0.15) is 23.6 Å². The van der Waals surface area contributed by atoms with Gasteiger partial charge in [0.25, 0.3) is 0 Å². The lowest BCUT2D eigenvalue weighted by Crippen LogP contribution is -2.04. The molecule has 0 radical (unpaired) electrons. The van der Waals surface area contributed by atoms with Crippen molar-refractivity contribution in [3.8, 4) is 11.5 Å². The predicted molar refractivity (Wildman–Crippen MR) is 120 cm³/mol. The fourth-order valence-electron chi connectivity index (χ4n) is 2.95. The van der Waals surface area contributed by atoms with Gasteiger partial charge in [0.2, 0.25) is 0 Å². The van der Waals surface area contributed by atoms with Crippen molar-refractivity contribution in [1.29, 1.82) is 0 Å². The Kier molecular flexibility index (Phi) is 7.24. The van der Waals surface area contributed by atoms with Crippen molar-refractivity contribution in [2.24, 2.45) is 0 Å². The van der Waals surface area contributed by atoms with Crippen LogP contribution in [0.5, 0.6) is 11.5 Å². The number of hydrogen-bond acceptors (Lipinski definition) is 3. The van der Waals surface area contributed by atoms with E-state index >= 15 is 0 Å². The number of ether oxygens (including phenoxy) is 2. The minimum Gasteiger partial charge on any atom is -0.493 e. The van der Waals surface area contributed by atoms with Gasteiger partial charge in [-0.2, -0.15) is 0 Å². The maximum Gasteiger partial charge on any atom is 0.180 e. The summed E-state index contributed by atoms with van der Waals surface area (Å²) in [5.74, 6) is 1.19. The van der Waals surface area contributed by atoms with Gasteiger partial charge >= 0.3 is 0 Å². The predicted octanol–water partition coefficient (Wildman–Crippen LogP) is 6.86. The third-order valence-electron chi connectivity index (χ3n) is 4.47. The van der Waals surface area contributed by atoms with Gasteiger partial charge in [-0.15, -0.1) is 0 Å². The first kappa shape index (κ1) is 20.6. The van der Waals surface area contributed by atoms with Crippen LogP contribution in [0.3, 0.4) is 0 Å². The number of para-hydroxylation sites is 1. The largest absolute Gasteiger partial charge is 0.493 e. The summed E-state index contributed by atoms with van der Waals surface area (Å²) in [7, 11) is 1.63. The van der Waals surface area contributed by atoms with E-state index in [9.17, 15) is 0 Å². The second kappa shape index (κ2) is 9.85. The lowest BCUT2D eigenvalue weighted by atomic mass is 10.1. The molecule has 0 saturated carbocycles. The molecule has 0 aliphatic rings. The number of nitrogens with one attached hydrogen (secondary N) is 1. The highest BCUT2D eigenvalue weighted by atomic mass is 79.9. The second-order valence-corrected chi connectivity index (χ2v) is 7.71. The molecule has 5 heteroatoms. The minimum absolute atomic E-state index is 0.421. The first-order valence-corrected chi connectivity index (χ1v) is 10.3. The number of rotatable bonds is 8. The highest BCUT2D eigenvalue weighted by Crippen LogP contribution is 2.37. The number of aryl methyl sites for hydroxylation is 1. The van der Waals surface area contributed by atoms with Gasteiger partial charge in [0.15, 0.2) is 11.5 Å². The van der Waals surface area contributed by atoms with Crippen LogP contribution in [0, 0.1) is 0 Å². The molecule has 1 N–H and O–H groups in total. The molecule has 0 aliphatic heterocycles. The van der Waals surface area contributed by atoms with E-state index in [0.717, 1.165) is 27.7 Å². The van der Waals surface area contributed by atoms with E-state index in [1.165, 1.54) is 5.56 Å². The number of methoxy groups -OCH3 is 1.